The van der Waals surface area contributed by atoms with Crippen LogP contribution < -0.4 is 5.32 Å². The summed E-state index contributed by atoms with van der Waals surface area (Å²) in [7, 11) is 0. The van der Waals surface area contributed by atoms with Crippen LogP contribution in [0.5, 0.6) is 0 Å². The number of carbonyl (C=O) groups is 1. The Kier molecular flexibility index (Phi) is 4.02. The number of carbonyl (C=O) groups excluding carboxylic acids is 1. The number of hydrogen-bond donors (Lipinski definition) is 1. The van der Waals surface area contributed by atoms with E-state index in [4.69, 9.17) is 0 Å². The standard InChI is InChI=1S/C14H15N3O/c1-2-14(18)17-9-11-5-6-13(16-8-11)12-4-3-7-15-10-12/h3-8,10H,2,9H2,1H3,(H,17,18). The van der Waals surface area contributed by atoms with Gasteiger partial charge in [0.2, 0.25) is 5.91 Å². The SMILES string of the molecule is CCC(=O)NCc1ccc(-c2cccnc2)nc1. The van der Waals surface area contributed by atoms with Crippen LogP contribution in [0.3, 0.4) is 0 Å². The van der Waals surface area contributed by atoms with Gasteiger partial charge in [0.25, 0.3) is 0 Å². The zero-order valence-corrected chi connectivity index (χ0v) is 10.3. The van der Waals surface area contributed by atoms with Gasteiger partial charge in [0, 0.05) is 37.1 Å². The summed E-state index contributed by atoms with van der Waals surface area (Å²) in [6.07, 6.45) is 5.79. The first kappa shape index (κ1) is 12.2. The summed E-state index contributed by atoms with van der Waals surface area (Å²) in [6, 6.07) is 7.75. The Morgan fingerprint density at radius 2 is 2.17 bits per heavy atom. The van der Waals surface area contributed by atoms with Crippen LogP contribution in [0, 0.1) is 0 Å². The van der Waals surface area contributed by atoms with Crippen molar-refractivity contribution >= 4 is 5.91 Å². The van der Waals surface area contributed by atoms with E-state index in [0.29, 0.717) is 13.0 Å². The van der Waals surface area contributed by atoms with Gasteiger partial charge in [0.05, 0.1) is 5.69 Å². The molecule has 4 heteroatoms. The maximum atomic E-state index is 11.1. The van der Waals surface area contributed by atoms with Crippen molar-refractivity contribution in [3.8, 4) is 11.3 Å². The molecule has 92 valence electrons. The first-order valence-corrected chi connectivity index (χ1v) is 5.91. The van der Waals surface area contributed by atoms with Gasteiger partial charge in [-0.2, -0.15) is 0 Å². The van der Waals surface area contributed by atoms with E-state index in [9.17, 15) is 4.79 Å². The number of aromatic nitrogens is 2. The molecule has 0 aliphatic rings. The fourth-order valence-corrected chi connectivity index (χ4v) is 1.54. The predicted molar refractivity (Wildman–Crippen MR) is 69.6 cm³/mol. The second kappa shape index (κ2) is 5.91. The fourth-order valence-electron chi connectivity index (χ4n) is 1.54. The normalized spacial score (nSPS) is 10.1. The monoisotopic (exact) mass is 241 g/mol. The summed E-state index contributed by atoms with van der Waals surface area (Å²) in [6.45, 7) is 2.35. The number of nitrogens with zero attached hydrogens (tertiary/aromatic N) is 2. The molecule has 0 saturated heterocycles. The Balaban J connectivity index is 2.04. The van der Waals surface area contributed by atoms with Gasteiger partial charge < -0.3 is 5.32 Å². The first-order chi connectivity index (χ1) is 8.79. The van der Waals surface area contributed by atoms with E-state index in [2.05, 4.69) is 15.3 Å². The summed E-state index contributed by atoms with van der Waals surface area (Å²) < 4.78 is 0. The minimum absolute atomic E-state index is 0.0475. The molecule has 0 aliphatic carbocycles. The van der Waals surface area contributed by atoms with E-state index in [1.165, 1.54) is 0 Å². The molecule has 0 aliphatic heterocycles. The van der Waals surface area contributed by atoms with E-state index in [1.54, 1.807) is 18.6 Å². The number of amides is 1. The highest BCUT2D eigenvalue weighted by Crippen LogP contribution is 2.14. The lowest BCUT2D eigenvalue weighted by Crippen LogP contribution is -2.21. The molecule has 0 unspecified atom stereocenters. The zero-order valence-electron chi connectivity index (χ0n) is 10.3. The summed E-state index contributed by atoms with van der Waals surface area (Å²) in [5, 5.41) is 2.82. The van der Waals surface area contributed by atoms with Gasteiger partial charge in [-0.25, -0.2) is 0 Å². The maximum Gasteiger partial charge on any atom is 0.219 e. The molecular formula is C14H15N3O. The second-order valence-electron chi connectivity index (χ2n) is 3.92. The van der Waals surface area contributed by atoms with Crippen molar-refractivity contribution in [3.63, 3.8) is 0 Å². The Hall–Kier alpha value is -2.23. The molecule has 1 N–H and O–H groups in total. The average molecular weight is 241 g/mol. The van der Waals surface area contributed by atoms with Gasteiger partial charge in [-0.3, -0.25) is 14.8 Å². The van der Waals surface area contributed by atoms with Gasteiger partial charge >= 0.3 is 0 Å². The summed E-state index contributed by atoms with van der Waals surface area (Å²) >= 11 is 0. The number of nitrogens with one attached hydrogen (secondary N) is 1. The van der Waals surface area contributed by atoms with Crippen molar-refractivity contribution in [1.29, 1.82) is 0 Å². The molecule has 4 nitrogen and oxygen atoms in total. The van der Waals surface area contributed by atoms with Gasteiger partial charge in [0.1, 0.15) is 0 Å². The predicted octanol–water partition coefficient (Wildman–Crippen LogP) is 2.17. The summed E-state index contributed by atoms with van der Waals surface area (Å²) in [5.74, 6) is 0.0475. The molecule has 2 heterocycles. The van der Waals surface area contributed by atoms with Crippen LogP contribution in [0.2, 0.25) is 0 Å². The molecule has 0 spiro atoms. The minimum atomic E-state index is 0.0475. The largest absolute Gasteiger partial charge is 0.352 e. The Morgan fingerprint density at radius 1 is 1.28 bits per heavy atom. The van der Waals surface area contributed by atoms with Gasteiger partial charge in [-0.05, 0) is 23.8 Å². The highest BCUT2D eigenvalue weighted by molar-refractivity contribution is 5.75. The highest BCUT2D eigenvalue weighted by Gasteiger charge is 2.01. The zero-order chi connectivity index (χ0) is 12.8. The lowest BCUT2D eigenvalue weighted by molar-refractivity contribution is -0.120. The van der Waals surface area contributed by atoms with Crippen molar-refractivity contribution < 1.29 is 4.79 Å². The number of hydrogen-bond acceptors (Lipinski definition) is 3. The molecule has 0 radical (unpaired) electrons. The van der Waals surface area contributed by atoms with Crippen molar-refractivity contribution in [3.05, 3.63) is 48.4 Å². The van der Waals surface area contributed by atoms with E-state index >= 15 is 0 Å². The summed E-state index contributed by atoms with van der Waals surface area (Å²) in [5.41, 5.74) is 2.86. The molecule has 0 aromatic carbocycles. The Bertz CT molecular complexity index is 508. The van der Waals surface area contributed by atoms with Crippen molar-refractivity contribution in [1.82, 2.24) is 15.3 Å². The maximum absolute atomic E-state index is 11.1. The van der Waals surface area contributed by atoms with E-state index in [-0.39, 0.29) is 5.91 Å². The molecule has 18 heavy (non-hydrogen) atoms. The fraction of sp³-hybridized carbons (Fsp3) is 0.214. The lowest BCUT2D eigenvalue weighted by Gasteiger charge is -2.04. The summed E-state index contributed by atoms with van der Waals surface area (Å²) in [4.78, 5) is 19.6. The highest BCUT2D eigenvalue weighted by atomic mass is 16.1. The van der Waals surface area contributed by atoms with Crippen LogP contribution >= 0.6 is 0 Å². The first-order valence-electron chi connectivity index (χ1n) is 5.91. The van der Waals surface area contributed by atoms with Crippen molar-refractivity contribution in [2.75, 3.05) is 0 Å². The Morgan fingerprint density at radius 3 is 2.78 bits per heavy atom. The average Bonchev–Trinajstić information content (AvgIpc) is 2.46. The molecule has 0 atom stereocenters. The molecule has 0 fully saturated rings. The molecule has 0 bridgehead atoms. The van der Waals surface area contributed by atoms with Crippen LogP contribution in [0.4, 0.5) is 0 Å². The topological polar surface area (TPSA) is 54.9 Å². The second-order valence-corrected chi connectivity index (χ2v) is 3.92. The van der Waals surface area contributed by atoms with Gasteiger partial charge in [-0.15, -0.1) is 0 Å². The van der Waals surface area contributed by atoms with Gasteiger partial charge in [-0.1, -0.05) is 13.0 Å². The van der Waals surface area contributed by atoms with E-state index < -0.39 is 0 Å². The molecule has 1 amide bonds. The van der Waals surface area contributed by atoms with Crippen molar-refractivity contribution in [2.24, 2.45) is 0 Å². The molecule has 2 rings (SSSR count). The molecule has 2 aromatic rings. The smallest absolute Gasteiger partial charge is 0.219 e. The van der Waals surface area contributed by atoms with E-state index in [0.717, 1.165) is 16.8 Å². The number of pyridine rings is 2. The van der Waals surface area contributed by atoms with Crippen LogP contribution in [0.15, 0.2) is 42.9 Å². The van der Waals surface area contributed by atoms with Crippen LogP contribution in [0.1, 0.15) is 18.9 Å². The minimum Gasteiger partial charge on any atom is -0.352 e. The van der Waals surface area contributed by atoms with Crippen LogP contribution in [-0.2, 0) is 11.3 Å². The van der Waals surface area contributed by atoms with E-state index in [1.807, 2.05) is 31.2 Å². The Labute approximate surface area is 106 Å². The van der Waals surface area contributed by atoms with Crippen LogP contribution in [-0.4, -0.2) is 15.9 Å². The molecule has 0 saturated carbocycles. The van der Waals surface area contributed by atoms with Crippen molar-refractivity contribution in [2.45, 2.75) is 19.9 Å². The lowest BCUT2D eigenvalue weighted by atomic mass is 10.1. The third kappa shape index (κ3) is 3.13. The third-order valence-electron chi connectivity index (χ3n) is 2.59. The molecular weight excluding hydrogens is 226 g/mol. The molecule has 2 aromatic heterocycles. The number of rotatable bonds is 4. The van der Waals surface area contributed by atoms with Crippen LogP contribution in [0.25, 0.3) is 11.3 Å². The quantitative estimate of drug-likeness (QED) is 0.892. The third-order valence-corrected chi connectivity index (χ3v) is 2.59. The van der Waals surface area contributed by atoms with Gasteiger partial charge in [0.15, 0.2) is 0 Å².